The van der Waals surface area contributed by atoms with Crippen LogP contribution in [0.1, 0.15) is 22.8 Å². The second-order valence-corrected chi connectivity index (χ2v) is 5.50. The Morgan fingerprint density at radius 3 is 2.72 bits per heavy atom. The zero-order chi connectivity index (χ0) is 13.8. The van der Waals surface area contributed by atoms with Crippen LogP contribution in [0.3, 0.4) is 0 Å². The molecule has 1 rings (SSSR count). The maximum atomic E-state index is 13.2. The minimum Gasteiger partial charge on any atom is -0.387 e. The largest absolute Gasteiger partial charge is 0.387 e. The molecule has 1 amide bonds. The molecular formula is C13H18FNO2S. The highest BCUT2D eigenvalue weighted by Gasteiger charge is 2.20. The van der Waals surface area contributed by atoms with Crippen LogP contribution in [0.2, 0.25) is 0 Å². The van der Waals surface area contributed by atoms with Crippen molar-refractivity contribution in [2.45, 2.75) is 19.4 Å². The smallest absolute Gasteiger partial charge is 0.251 e. The van der Waals surface area contributed by atoms with E-state index >= 15 is 0 Å². The Morgan fingerprint density at radius 1 is 1.50 bits per heavy atom. The van der Waals surface area contributed by atoms with Gasteiger partial charge in [0.25, 0.3) is 5.91 Å². The van der Waals surface area contributed by atoms with E-state index in [1.807, 2.05) is 6.26 Å². The Kier molecular flexibility index (Phi) is 5.16. The van der Waals surface area contributed by atoms with Gasteiger partial charge in [-0.05, 0) is 43.9 Å². The van der Waals surface area contributed by atoms with Gasteiger partial charge in [-0.1, -0.05) is 0 Å². The number of benzene rings is 1. The number of aryl methyl sites for hydroxylation is 1. The standard InChI is InChI=1S/C13H18FNO2S/c1-9-4-10(6-11(14)5-9)12(16)15-7-13(2,17)8-18-3/h4-6,17H,7-8H2,1-3H3,(H,15,16). The molecule has 1 aromatic carbocycles. The van der Waals surface area contributed by atoms with Crippen molar-refractivity contribution in [3.05, 3.63) is 35.1 Å². The minimum absolute atomic E-state index is 0.141. The Hall–Kier alpha value is -1.07. The van der Waals surface area contributed by atoms with Crippen LogP contribution in [0.4, 0.5) is 4.39 Å². The normalized spacial score (nSPS) is 14.1. The molecule has 0 aliphatic carbocycles. The summed E-state index contributed by atoms with van der Waals surface area (Å²) in [6.45, 7) is 3.52. The van der Waals surface area contributed by atoms with Gasteiger partial charge in [-0.25, -0.2) is 4.39 Å². The van der Waals surface area contributed by atoms with Crippen LogP contribution >= 0.6 is 11.8 Å². The third kappa shape index (κ3) is 4.66. The average Bonchev–Trinajstić information content (AvgIpc) is 2.24. The van der Waals surface area contributed by atoms with E-state index in [9.17, 15) is 14.3 Å². The highest BCUT2D eigenvalue weighted by atomic mass is 32.2. The van der Waals surface area contributed by atoms with Crippen molar-refractivity contribution < 1.29 is 14.3 Å². The second kappa shape index (κ2) is 6.20. The van der Waals surface area contributed by atoms with E-state index in [-0.39, 0.29) is 18.0 Å². The summed E-state index contributed by atoms with van der Waals surface area (Å²) in [7, 11) is 0. The molecule has 3 nitrogen and oxygen atoms in total. The molecule has 1 atom stereocenters. The summed E-state index contributed by atoms with van der Waals surface area (Å²) < 4.78 is 13.2. The molecule has 0 aliphatic heterocycles. The predicted molar refractivity (Wildman–Crippen MR) is 72.5 cm³/mol. The third-order valence-corrected chi connectivity index (χ3v) is 3.30. The van der Waals surface area contributed by atoms with Gasteiger partial charge in [0.05, 0.1) is 5.60 Å². The van der Waals surface area contributed by atoms with Gasteiger partial charge in [-0.3, -0.25) is 4.79 Å². The van der Waals surface area contributed by atoms with Gasteiger partial charge in [0, 0.05) is 17.9 Å². The van der Waals surface area contributed by atoms with Crippen LogP contribution in [0.25, 0.3) is 0 Å². The molecule has 0 saturated carbocycles. The lowest BCUT2D eigenvalue weighted by Gasteiger charge is -2.22. The van der Waals surface area contributed by atoms with Gasteiger partial charge in [-0.15, -0.1) is 0 Å². The van der Waals surface area contributed by atoms with Gasteiger partial charge < -0.3 is 10.4 Å². The molecule has 0 heterocycles. The summed E-state index contributed by atoms with van der Waals surface area (Å²) in [4.78, 5) is 11.8. The Labute approximate surface area is 111 Å². The Balaban J connectivity index is 2.66. The number of carbonyl (C=O) groups excluding carboxylic acids is 1. The van der Waals surface area contributed by atoms with Crippen molar-refractivity contribution in [2.75, 3.05) is 18.6 Å². The molecule has 5 heteroatoms. The van der Waals surface area contributed by atoms with E-state index in [4.69, 9.17) is 0 Å². The SMILES string of the molecule is CSCC(C)(O)CNC(=O)c1cc(C)cc(F)c1. The summed E-state index contributed by atoms with van der Waals surface area (Å²) in [5.41, 5.74) is 0.000685. The fourth-order valence-corrected chi connectivity index (χ4v) is 2.33. The number of rotatable bonds is 5. The first-order valence-electron chi connectivity index (χ1n) is 5.61. The van der Waals surface area contributed by atoms with E-state index in [0.29, 0.717) is 11.3 Å². The maximum absolute atomic E-state index is 13.2. The van der Waals surface area contributed by atoms with Crippen molar-refractivity contribution in [3.8, 4) is 0 Å². The number of halogens is 1. The number of hydrogen-bond acceptors (Lipinski definition) is 3. The lowest BCUT2D eigenvalue weighted by Crippen LogP contribution is -2.42. The van der Waals surface area contributed by atoms with Gasteiger partial charge in [0.1, 0.15) is 5.82 Å². The van der Waals surface area contributed by atoms with E-state index in [1.54, 1.807) is 19.9 Å². The highest BCUT2D eigenvalue weighted by molar-refractivity contribution is 7.98. The van der Waals surface area contributed by atoms with Crippen molar-refractivity contribution in [1.29, 1.82) is 0 Å². The molecule has 100 valence electrons. The van der Waals surface area contributed by atoms with E-state index in [2.05, 4.69) is 5.32 Å². The maximum Gasteiger partial charge on any atom is 0.251 e. The van der Waals surface area contributed by atoms with Gasteiger partial charge in [-0.2, -0.15) is 11.8 Å². The molecule has 0 bridgehead atoms. The Morgan fingerprint density at radius 2 is 2.17 bits per heavy atom. The summed E-state index contributed by atoms with van der Waals surface area (Å²) in [5, 5.41) is 12.5. The van der Waals surface area contributed by atoms with E-state index < -0.39 is 11.4 Å². The molecule has 18 heavy (non-hydrogen) atoms. The van der Waals surface area contributed by atoms with Crippen LogP contribution in [0.5, 0.6) is 0 Å². The molecule has 0 spiro atoms. The molecule has 0 saturated heterocycles. The summed E-state index contributed by atoms with van der Waals surface area (Å²) in [5.74, 6) is -0.287. The molecular weight excluding hydrogens is 253 g/mol. The fourth-order valence-electron chi connectivity index (χ4n) is 1.60. The van der Waals surface area contributed by atoms with Gasteiger partial charge in [0.15, 0.2) is 0 Å². The number of amides is 1. The van der Waals surface area contributed by atoms with Crippen molar-refractivity contribution >= 4 is 17.7 Å². The first kappa shape index (κ1) is 15.0. The highest BCUT2D eigenvalue weighted by Crippen LogP contribution is 2.11. The topological polar surface area (TPSA) is 49.3 Å². The molecule has 1 unspecified atom stereocenters. The first-order valence-corrected chi connectivity index (χ1v) is 7.00. The second-order valence-electron chi connectivity index (χ2n) is 4.63. The monoisotopic (exact) mass is 271 g/mol. The lowest BCUT2D eigenvalue weighted by molar-refractivity contribution is 0.0725. The van der Waals surface area contributed by atoms with Crippen molar-refractivity contribution in [3.63, 3.8) is 0 Å². The number of thioether (sulfide) groups is 1. The Bertz CT molecular complexity index is 415. The van der Waals surface area contributed by atoms with Crippen molar-refractivity contribution in [1.82, 2.24) is 5.32 Å². The molecule has 0 aromatic heterocycles. The molecule has 2 N–H and O–H groups in total. The minimum atomic E-state index is -0.961. The molecule has 0 fully saturated rings. The van der Waals surface area contributed by atoms with Crippen LogP contribution < -0.4 is 5.32 Å². The zero-order valence-electron chi connectivity index (χ0n) is 10.8. The van der Waals surface area contributed by atoms with Gasteiger partial charge in [0.2, 0.25) is 0 Å². The predicted octanol–water partition coefficient (Wildman–Crippen LogP) is 1.98. The number of nitrogens with one attached hydrogen (secondary N) is 1. The fraction of sp³-hybridized carbons (Fsp3) is 0.462. The lowest BCUT2D eigenvalue weighted by atomic mass is 10.1. The molecule has 1 aromatic rings. The number of aliphatic hydroxyl groups is 1. The van der Waals surface area contributed by atoms with Gasteiger partial charge >= 0.3 is 0 Å². The zero-order valence-corrected chi connectivity index (χ0v) is 11.6. The number of carbonyl (C=O) groups is 1. The molecule has 0 radical (unpaired) electrons. The average molecular weight is 271 g/mol. The summed E-state index contributed by atoms with van der Waals surface area (Å²) in [6.07, 6.45) is 1.88. The summed E-state index contributed by atoms with van der Waals surface area (Å²) in [6, 6.07) is 4.16. The molecule has 0 aliphatic rings. The summed E-state index contributed by atoms with van der Waals surface area (Å²) >= 11 is 1.50. The van der Waals surface area contributed by atoms with E-state index in [1.165, 1.54) is 23.9 Å². The van der Waals surface area contributed by atoms with Crippen molar-refractivity contribution in [2.24, 2.45) is 0 Å². The van der Waals surface area contributed by atoms with Crippen LogP contribution in [-0.4, -0.2) is 35.2 Å². The third-order valence-electron chi connectivity index (χ3n) is 2.39. The quantitative estimate of drug-likeness (QED) is 0.861. The van der Waals surface area contributed by atoms with Crippen LogP contribution in [0, 0.1) is 12.7 Å². The van der Waals surface area contributed by atoms with Crippen LogP contribution in [0.15, 0.2) is 18.2 Å². The van der Waals surface area contributed by atoms with E-state index in [0.717, 1.165) is 0 Å². The number of hydrogen-bond donors (Lipinski definition) is 2. The van der Waals surface area contributed by atoms with Crippen LogP contribution in [-0.2, 0) is 0 Å². The first-order chi connectivity index (χ1) is 8.34.